The van der Waals surface area contributed by atoms with Crippen molar-refractivity contribution in [2.45, 2.75) is 31.9 Å². The normalized spacial score (nSPS) is 13.0. The van der Waals surface area contributed by atoms with E-state index in [0.29, 0.717) is 12.5 Å². The second kappa shape index (κ2) is 7.56. The Morgan fingerprint density at radius 2 is 1.64 bits per heavy atom. The van der Waals surface area contributed by atoms with Crippen LogP contribution in [0, 0.1) is 6.92 Å². The molecule has 0 fully saturated rings. The number of benzene rings is 2. The largest absolute Gasteiger partial charge is 0.215 e. The highest BCUT2D eigenvalue weighted by Gasteiger charge is 2.12. The zero-order valence-corrected chi connectivity index (χ0v) is 13.9. The summed E-state index contributed by atoms with van der Waals surface area (Å²) in [6.45, 7) is 4.56. The minimum Gasteiger partial charge on any atom is -0.215 e. The molecule has 22 heavy (non-hydrogen) atoms. The minimum absolute atomic E-state index is 0.0347. The summed E-state index contributed by atoms with van der Waals surface area (Å²) in [5, 5.41) is 0. The van der Waals surface area contributed by atoms with E-state index in [0.717, 1.165) is 17.5 Å². The molecule has 1 unspecified atom stereocenters. The summed E-state index contributed by atoms with van der Waals surface area (Å²) >= 11 is 0. The Hall–Kier alpha value is -1.65. The third-order valence-corrected chi connectivity index (χ3v) is 5.10. The molecule has 0 saturated heterocycles. The van der Waals surface area contributed by atoms with Crippen molar-refractivity contribution in [1.82, 2.24) is 4.72 Å². The Balaban J connectivity index is 1.84. The lowest BCUT2D eigenvalue weighted by molar-refractivity contribution is 0.572. The third-order valence-electron chi connectivity index (χ3n) is 3.75. The van der Waals surface area contributed by atoms with Gasteiger partial charge in [0, 0.05) is 6.54 Å². The molecule has 2 aromatic rings. The molecule has 1 N–H and O–H groups in total. The summed E-state index contributed by atoms with van der Waals surface area (Å²) in [6, 6.07) is 17.7. The Morgan fingerprint density at radius 3 is 2.27 bits per heavy atom. The molecule has 2 rings (SSSR count). The lowest BCUT2D eigenvalue weighted by atomic mass is 9.98. The summed E-state index contributed by atoms with van der Waals surface area (Å²) in [7, 11) is -3.28. The van der Waals surface area contributed by atoms with Gasteiger partial charge < -0.3 is 0 Å². The monoisotopic (exact) mass is 317 g/mol. The molecule has 0 aliphatic rings. The molecular formula is C18H23NO2S. The molecule has 0 spiro atoms. The summed E-state index contributed by atoms with van der Waals surface area (Å²) in [6.07, 6.45) is 0.789. The lowest BCUT2D eigenvalue weighted by Crippen LogP contribution is -2.27. The van der Waals surface area contributed by atoms with Crippen LogP contribution in [0.3, 0.4) is 0 Å². The Labute approximate surface area is 133 Å². The fourth-order valence-electron chi connectivity index (χ4n) is 2.33. The van der Waals surface area contributed by atoms with Crippen molar-refractivity contribution in [3.05, 3.63) is 71.3 Å². The van der Waals surface area contributed by atoms with Crippen LogP contribution in [0.4, 0.5) is 0 Å². The highest BCUT2D eigenvalue weighted by Crippen LogP contribution is 2.17. The van der Waals surface area contributed by atoms with E-state index in [9.17, 15) is 8.42 Å². The van der Waals surface area contributed by atoms with E-state index in [1.807, 2.05) is 49.4 Å². The summed E-state index contributed by atoms with van der Waals surface area (Å²) in [5.74, 6) is 0.371. The van der Waals surface area contributed by atoms with Crippen LogP contribution in [-0.4, -0.2) is 15.0 Å². The third kappa shape index (κ3) is 5.28. The van der Waals surface area contributed by atoms with Crippen molar-refractivity contribution in [1.29, 1.82) is 0 Å². The molecule has 0 radical (unpaired) electrons. The van der Waals surface area contributed by atoms with E-state index >= 15 is 0 Å². The molecule has 4 heteroatoms. The number of hydrogen-bond acceptors (Lipinski definition) is 2. The van der Waals surface area contributed by atoms with Gasteiger partial charge in [-0.05, 0) is 30.4 Å². The Morgan fingerprint density at radius 1 is 1.00 bits per heavy atom. The Bertz CT molecular complexity index is 679. The van der Waals surface area contributed by atoms with Crippen molar-refractivity contribution < 1.29 is 8.42 Å². The van der Waals surface area contributed by atoms with Crippen LogP contribution in [0.2, 0.25) is 0 Å². The van der Waals surface area contributed by atoms with Gasteiger partial charge in [-0.2, -0.15) is 0 Å². The maximum Gasteiger partial charge on any atom is 0.215 e. The van der Waals surface area contributed by atoms with Crippen LogP contribution in [0.25, 0.3) is 0 Å². The Kier molecular flexibility index (Phi) is 5.75. The first-order chi connectivity index (χ1) is 10.5. The van der Waals surface area contributed by atoms with Crippen LogP contribution in [0.5, 0.6) is 0 Å². The molecule has 2 aromatic carbocycles. The van der Waals surface area contributed by atoms with Gasteiger partial charge in [-0.15, -0.1) is 0 Å². The molecule has 1 atom stereocenters. The van der Waals surface area contributed by atoms with Crippen molar-refractivity contribution in [3.8, 4) is 0 Å². The van der Waals surface area contributed by atoms with Gasteiger partial charge in [-0.3, -0.25) is 0 Å². The zero-order chi connectivity index (χ0) is 16.0. The SMILES string of the molecule is Cc1ccc(CS(=O)(=O)NCCC(C)c2ccccc2)cc1. The van der Waals surface area contributed by atoms with E-state index in [-0.39, 0.29) is 5.75 Å². The first-order valence-corrected chi connectivity index (χ1v) is 9.19. The first kappa shape index (κ1) is 16.7. The first-order valence-electron chi connectivity index (χ1n) is 7.54. The number of aryl methyl sites for hydroxylation is 1. The van der Waals surface area contributed by atoms with E-state index in [1.165, 1.54) is 5.56 Å². The van der Waals surface area contributed by atoms with Gasteiger partial charge in [0.25, 0.3) is 0 Å². The van der Waals surface area contributed by atoms with Gasteiger partial charge in [-0.1, -0.05) is 67.1 Å². The maximum absolute atomic E-state index is 12.1. The van der Waals surface area contributed by atoms with Gasteiger partial charge >= 0.3 is 0 Å². The van der Waals surface area contributed by atoms with Crippen LogP contribution >= 0.6 is 0 Å². The quantitative estimate of drug-likeness (QED) is 0.848. The van der Waals surface area contributed by atoms with E-state index in [2.05, 4.69) is 23.8 Å². The number of rotatable bonds is 7. The van der Waals surface area contributed by atoms with Gasteiger partial charge in [0.2, 0.25) is 10.0 Å². The fraction of sp³-hybridized carbons (Fsp3) is 0.333. The summed E-state index contributed by atoms with van der Waals surface area (Å²) < 4.78 is 26.9. The smallest absolute Gasteiger partial charge is 0.215 e. The molecule has 0 heterocycles. The molecule has 118 valence electrons. The molecule has 0 amide bonds. The lowest BCUT2D eigenvalue weighted by Gasteiger charge is -2.12. The van der Waals surface area contributed by atoms with Crippen LogP contribution < -0.4 is 4.72 Å². The highest BCUT2D eigenvalue weighted by molar-refractivity contribution is 7.88. The van der Waals surface area contributed by atoms with E-state index < -0.39 is 10.0 Å². The molecular weight excluding hydrogens is 294 g/mol. The molecule has 0 bridgehead atoms. The number of nitrogens with one attached hydrogen (secondary N) is 1. The molecule has 0 aliphatic carbocycles. The van der Waals surface area contributed by atoms with Crippen molar-refractivity contribution >= 4 is 10.0 Å². The van der Waals surface area contributed by atoms with Crippen LogP contribution in [0.1, 0.15) is 36.0 Å². The van der Waals surface area contributed by atoms with Crippen molar-refractivity contribution in [2.24, 2.45) is 0 Å². The zero-order valence-electron chi connectivity index (χ0n) is 13.1. The summed E-state index contributed by atoms with van der Waals surface area (Å²) in [4.78, 5) is 0. The predicted octanol–water partition coefficient (Wildman–Crippen LogP) is 3.61. The average molecular weight is 317 g/mol. The van der Waals surface area contributed by atoms with Crippen molar-refractivity contribution in [2.75, 3.05) is 6.54 Å². The van der Waals surface area contributed by atoms with Gasteiger partial charge in [0.05, 0.1) is 5.75 Å². The second-order valence-electron chi connectivity index (χ2n) is 5.74. The molecule has 0 saturated carbocycles. The number of hydrogen-bond donors (Lipinski definition) is 1. The molecule has 0 aliphatic heterocycles. The summed E-state index contributed by atoms with van der Waals surface area (Å²) in [5.41, 5.74) is 3.18. The van der Waals surface area contributed by atoms with E-state index in [4.69, 9.17) is 0 Å². The minimum atomic E-state index is -3.28. The standard InChI is InChI=1S/C18H23NO2S/c1-15-8-10-17(11-9-15)14-22(20,21)19-13-12-16(2)18-6-4-3-5-7-18/h3-11,16,19H,12-14H2,1-2H3. The predicted molar refractivity (Wildman–Crippen MR) is 91.3 cm³/mol. The second-order valence-corrected chi connectivity index (χ2v) is 7.55. The van der Waals surface area contributed by atoms with Crippen LogP contribution in [0.15, 0.2) is 54.6 Å². The van der Waals surface area contributed by atoms with E-state index in [1.54, 1.807) is 0 Å². The fourth-order valence-corrected chi connectivity index (χ4v) is 3.50. The highest BCUT2D eigenvalue weighted by atomic mass is 32.2. The topological polar surface area (TPSA) is 46.2 Å². The van der Waals surface area contributed by atoms with Gasteiger partial charge in [-0.25, -0.2) is 13.1 Å². The van der Waals surface area contributed by atoms with Crippen molar-refractivity contribution in [3.63, 3.8) is 0 Å². The number of sulfonamides is 1. The van der Waals surface area contributed by atoms with Gasteiger partial charge in [0.1, 0.15) is 0 Å². The van der Waals surface area contributed by atoms with Crippen LogP contribution in [-0.2, 0) is 15.8 Å². The molecule has 0 aromatic heterocycles. The van der Waals surface area contributed by atoms with Gasteiger partial charge in [0.15, 0.2) is 0 Å². The maximum atomic E-state index is 12.1. The average Bonchev–Trinajstić information content (AvgIpc) is 2.50. The molecule has 3 nitrogen and oxygen atoms in total.